The zero-order valence-electron chi connectivity index (χ0n) is 12.9. The van der Waals surface area contributed by atoms with E-state index in [1.807, 2.05) is 4.90 Å². The molecule has 0 aliphatic carbocycles. The minimum Gasteiger partial charge on any atom is -0.484 e. The number of hydrogen-bond acceptors (Lipinski definition) is 4. The van der Waals surface area contributed by atoms with Crippen molar-refractivity contribution in [2.24, 2.45) is 0 Å². The predicted molar refractivity (Wildman–Crippen MR) is 82.3 cm³/mol. The summed E-state index contributed by atoms with van der Waals surface area (Å²) in [5, 5.41) is 12.1. The minimum absolute atomic E-state index is 0.122. The monoisotopic (exact) mass is 326 g/mol. The van der Waals surface area contributed by atoms with Crippen LogP contribution in [0, 0.1) is 0 Å². The predicted octanol–water partition coefficient (Wildman–Crippen LogP) is 2.18. The third-order valence-corrected chi connectivity index (χ3v) is 4.48. The Hall–Kier alpha value is -1.89. The molecule has 2 aliphatic heterocycles. The van der Waals surface area contributed by atoms with Crippen molar-refractivity contribution < 1.29 is 23.4 Å². The number of rotatable bonds is 4. The Morgan fingerprint density at radius 1 is 1.39 bits per heavy atom. The molecule has 126 valence electrons. The normalized spacial score (nSPS) is 25.7. The number of fused-ring (bicyclic) bond motifs is 1. The first kappa shape index (κ1) is 16.0. The van der Waals surface area contributed by atoms with Gasteiger partial charge in [0.05, 0.1) is 18.0 Å². The molecular weight excluding hydrogens is 306 g/mol. The van der Waals surface area contributed by atoms with Gasteiger partial charge in [-0.05, 0) is 13.0 Å². The van der Waals surface area contributed by atoms with Crippen LogP contribution in [0.4, 0.5) is 20.2 Å². The first-order chi connectivity index (χ1) is 10.9. The summed E-state index contributed by atoms with van der Waals surface area (Å²) in [5.41, 5.74) is 1.45. The summed E-state index contributed by atoms with van der Waals surface area (Å²) in [7, 11) is 0. The van der Waals surface area contributed by atoms with Gasteiger partial charge < -0.3 is 20.1 Å². The van der Waals surface area contributed by atoms with Crippen LogP contribution in [-0.2, 0) is 11.2 Å². The molecule has 1 fully saturated rings. The maximum absolute atomic E-state index is 13.4. The number of aliphatic hydroxyl groups is 1. The van der Waals surface area contributed by atoms with Crippen LogP contribution in [0.25, 0.3) is 0 Å². The fraction of sp³-hybridized carbons (Fsp3) is 0.562. The highest BCUT2D eigenvalue weighted by Gasteiger charge is 2.37. The van der Waals surface area contributed by atoms with Gasteiger partial charge in [0, 0.05) is 44.0 Å². The number of amides is 1. The second-order valence-corrected chi connectivity index (χ2v) is 6.47. The molecule has 1 aromatic carbocycles. The zero-order chi connectivity index (χ0) is 16.7. The number of alkyl halides is 2. The van der Waals surface area contributed by atoms with Gasteiger partial charge in [0.25, 0.3) is 5.92 Å². The van der Waals surface area contributed by atoms with Gasteiger partial charge in [-0.2, -0.15) is 0 Å². The minimum atomic E-state index is -2.63. The molecule has 7 heteroatoms. The Morgan fingerprint density at radius 3 is 2.70 bits per heavy atom. The van der Waals surface area contributed by atoms with Crippen LogP contribution in [0.3, 0.4) is 0 Å². The lowest BCUT2D eigenvalue weighted by Gasteiger charge is -2.34. The van der Waals surface area contributed by atoms with E-state index in [1.165, 1.54) is 0 Å². The standard InChI is InChI=1S/C16H20F2N2O3/c1-15(9-21)8-11-6-12(19-10-22)13(7-14(11)23-15)20-4-2-16(17,18)3-5-20/h6-7,10,21H,2-5,8-9H2,1H3,(H,19,22). The SMILES string of the molecule is CC1(CO)Cc2cc(NC=O)c(N3CCC(F)(F)CC3)cc2O1. The van der Waals surface area contributed by atoms with Crippen LogP contribution in [-0.4, -0.2) is 42.7 Å². The molecule has 1 amide bonds. The highest BCUT2D eigenvalue weighted by molar-refractivity contribution is 5.83. The van der Waals surface area contributed by atoms with Crippen molar-refractivity contribution in [1.29, 1.82) is 0 Å². The molecular formula is C16H20F2N2O3. The third kappa shape index (κ3) is 3.10. The number of anilines is 2. The Morgan fingerprint density at radius 2 is 2.09 bits per heavy atom. The average molecular weight is 326 g/mol. The highest BCUT2D eigenvalue weighted by Crippen LogP contribution is 2.42. The summed E-state index contributed by atoms with van der Waals surface area (Å²) >= 11 is 0. The molecule has 0 aromatic heterocycles. The molecule has 1 atom stereocenters. The maximum atomic E-state index is 13.4. The van der Waals surface area contributed by atoms with Gasteiger partial charge in [0.2, 0.25) is 6.41 Å². The molecule has 0 spiro atoms. The Balaban J connectivity index is 1.91. The van der Waals surface area contributed by atoms with Gasteiger partial charge in [0.15, 0.2) is 0 Å². The van der Waals surface area contributed by atoms with E-state index in [0.29, 0.717) is 30.0 Å². The fourth-order valence-corrected chi connectivity index (χ4v) is 3.16. The van der Waals surface area contributed by atoms with Crippen molar-refractivity contribution in [1.82, 2.24) is 0 Å². The summed E-state index contributed by atoms with van der Waals surface area (Å²) in [5.74, 6) is -2.00. The Labute approximate surface area is 133 Å². The van der Waals surface area contributed by atoms with Crippen LogP contribution in [0.15, 0.2) is 12.1 Å². The van der Waals surface area contributed by atoms with Gasteiger partial charge in [-0.3, -0.25) is 4.79 Å². The summed E-state index contributed by atoms with van der Waals surface area (Å²) in [6.07, 6.45) is 0.690. The number of carbonyl (C=O) groups is 1. The number of aliphatic hydroxyl groups excluding tert-OH is 1. The van der Waals surface area contributed by atoms with E-state index in [1.54, 1.807) is 19.1 Å². The van der Waals surface area contributed by atoms with Gasteiger partial charge in [-0.15, -0.1) is 0 Å². The van der Waals surface area contributed by atoms with E-state index in [0.717, 1.165) is 5.56 Å². The number of halogens is 2. The molecule has 1 saturated heterocycles. The third-order valence-electron chi connectivity index (χ3n) is 4.48. The van der Waals surface area contributed by atoms with Gasteiger partial charge >= 0.3 is 0 Å². The lowest BCUT2D eigenvalue weighted by Crippen LogP contribution is -2.39. The van der Waals surface area contributed by atoms with Crippen LogP contribution in [0.5, 0.6) is 5.75 Å². The van der Waals surface area contributed by atoms with E-state index >= 15 is 0 Å². The molecule has 1 aromatic rings. The van der Waals surface area contributed by atoms with E-state index < -0.39 is 11.5 Å². The summed E-state index contributed by atoms with van der Waals surface area (Å²) in [6, 6.07) is 3.57. The first-order valence-electron chi connectivity index (χ1n) is 7.66. The molecule has 3 rings (SSSR count). The van der Waals surface area contributed by atoms with Crippen LogP contribution < -0.4 is 15.0 Å². The van der Waals surface area contributed by atoms with Crippen molar-refractivity contribution in [2.75, 3.05) is 29.9 Å². The number of nitrogens with zero attached hydrogens (tertiary/aromatic N) is 1. The van der Waals surface area contributed by atoms with Crippen LogP contribution in [0.1, 0.15) is 25.3 Å². The largest absolute Gasteiger partial charge is 0.484 e. The molecule has 5 nitrogen and oxygen atoms in total. The summed E-state index contributed by atoms with van der Waals surface area (Å²) < 4.78 is 32.5. The van der Waals surface area contributed by atoms with Crippen molar-refractivity contribution in [3.63, 3.8) is 0 Å². The summed E-state index contributed by atoms with van der Waals surface area (Å²) in [6.45, 7) is 2.12. The topological polar surface area (TPSA) is 61.8 Å². The number of hydrogen-bond donors (Lipinski definition) is 2. The van der Waals surface area contributed by atoms with Gasteiger partial charge in [-0.1, -0.05) is 0 Å². The second kappa shape index (κ2) is 5.63. The fourth-order valence-electron chi connectivity index (χ4n) is 3.16. The van der Waals surface area contributed by atoms with Crippen molar-refractivity contribution in [2.45, 2.75) is 37.7 Å². The van der Waals surface area contributed by atoms with Crippen molar-refractivity contribution in [3.8, 4) is 5.75 Å². The molecule has 2 N–H and O–H groups in total. The van der Waals surface area contributed by atoms with Gasteiger partial charge in [0.1, 0.15) is 11.4 Å². The number of carbonyl (C=O) groups excluding carboxylic acids is 1. The number of nitrogens with one attached hydrogen (secondary N) is 1. The Kier molecular flexibility index (Phi) is 3.91. The van der Waals surface area contributed by atoms with E-state index in [9.17, 15) is 18.7 Å². The molecule has 2 aliphatic rings. The number of benzene rings is 1. The number of ether oxygens (including phenoxy) is 1. The maximum Gasteiger partial charge on any atom is 0.251 e. The molecule has 2 heterocycles. The van der Waals surface area contributed by atoms with E-state index in [4.69, 9.17) is 4.74 Å². The molecule has 23 heavy (non-hydrogen) atoms. The second-order valence-electron chi connectivity index (χ2n) is 6.47. The lowest BCUT2D eigenvalue weighted by atomic mass is 9.99. The molecule has 0 radical (unpaired) electrons. The molecule has 1 unspecified atom stereocenters. The molecule has 0 saturated carbocycles. The van der Waals surface area contributed by atoms with Crippen molar-refractivity contribution in [3.05, 3.63) is 17.7 Å². The Bertz CT molecular complexity index is 614. The average Bonchev–Trinajstić information content (AvgIpc) is 2.83. The van der Waals surface area contributed by atoms with Crippen LogP contribution >= 0.6 is 0 Å². The van der Waals surface area contributed by atoms with E-state index in [-0.39, 0.29) is 32.5 Å². The zero-order valence-corrected chi connectivity index (χ0v) is 12.9. The first-order valence-corrected chi connectivity index (χ1v) is 7.66. The van der Waals surface area contributed by atoms with Crippen LogP contribution in [0.2, 0.25) is 0 Å². The number of piperidine rings is 1. The van der Waals surface area contributed by atoms with Gasteiger partial charge in [-0.25, -0.2) is 8.78 Å². The highest BCUT2D eigenvalue weighted by atomic mass is 19.3. The molecule has 0 bridgehead atoms. The smallest absolute Gasteiger partial charge is 0.251 e. The quantitative estimate of drug-likeness (QED) is 0.833. The lowest BCUT2D eigenvalue weighted by molar-refractivity contribution is -0.105. The van der Waals surface area contributed by atoms with Crippen molar-refractivity contribution >= 4 is 17.8 Å². The van der Waals surface area contributed by atoms with E-state index in [2.05, 4.69) is 5.32 Å². The summed E-state index contributed by atoms with van der Waals surface area (Å²) in [4.78, 5) is 12.7.